The van der Waals surface area contributed by atoms with Crippen molar-refractivity contribution in [1.82, 2.24) is 20.9 Å². The molecule has 2 aromatic rings. The van der Waals surface area contributed by atoms with Crippen molar-refractivity contribution < 1.29 is 14.4 Å². The highest BCUT2D eigenvalue weighted by Gasteiger charge is 2.43. The molecule has 4 rings (SSSR count). The molecule has 0 bridgehead atoms. The summed E-state index contributed by atoms with van der Waals surface area (Å²) in [6.07, 6.45) is 1.58. The number of piperazine rings is 1. The third-order valence-electron chi connectivity index (χ3n) is 5.79. The van der Waals surface area contributed by atoms with Crippen molar-refractivity contribution in [3.63, 3.8) is 0 Å². The first-order valence-corrected chi connectivity index (χ1v) is 11.9. The Kier molecular flexibility index (Phi) is 7.29. The van der Waals surface area contributed by atoms with Gasteiger partial charge >= 0.3 is 6.03 Å². The smallest absolute Gasteiger partial charge is 0.319 e. The maximum Gasteiger partial charge on any atom is 0.319 e. The molecule has 4 amide bonds. The molecule has 170 valence electrons. The number of fused-ring (bicyclic) bond motifs is 1. The number of hydrogen-bond acceptors (Lipinski definition) is 5. The normalized spacial score (nSPS) is 22.7. The van der Waals surface area contributed by atoms with Crippen LogP contribution in [-0.2, 0) is 16.1 Å². The van der Waals surface area contributed by atoms with Gasteiger partial charge in [-0.15, -0.1) is 11.3 Å². The second-order valence-electron chi connectivity index (χ2n) is 8.05. The Morgan fingerprint density at radius 2 is 2.12 bits per heavy atom. The van der Waals surface area contributed by atoms with Crippen molar-refractivity contribution in [1.29, 1.82) is 0 Å². The van der Waals surface area contributed by atoms with E-state index in [-0.39, 0.29) is 36.0 Å². The second kappa shape index (κ2) is 10.3. The molecule has 1 aromatic heterocycles. The van der Waals surface area contributed by atoms with Gasteiger partial charge in [0.25, 0.3) is 0 Å². The lowest BCUT2D eigenvalue weighted by molar-refractivity contribution is -0.129. The Balaban J connectivity index is 1.27. The number of amides is 4. The fourth-order valence-corrected chi connectivity index (χ4v) is 5.09. The summed E-state index contributed by atoms with van der Waals surface area (Å²) in [5.74, 6) is -0.0235. The summed E-state index contributed by atoms with van der Waals surface area (Å²) >= 11 is 7.57. The number of hydrogen-bond donors (Lipinski definition) is 4. The molecular weight excluding hydrogens is 450 g/mol. The third kappa shape index (κ3) is 5.79. The summed E-state index contributed by atoms with van der Waals surface area (Å²) in [6.45, 7) is 1.62. The van der Waals surface area contributed by atoms with E-state index in [2.05, 4.69) is 26.2 Å². The molecule has 32 heavy (non-hydrogen) atoms. The maximum atomic E-state index is 12.4. The third-order valence-corrected chi connectivity index (χ3v) is 6.90. The minimum atomic E-state index is -0.331. The van der Waals surface area contributed by atoms with Crippen molar-refractivity contribution in [2.45, 2.75) is 43.9 Å². The highest BCUT2D eigenvalue weighted by atomic mass is 35.5. The number of carbonyl (C=O) groups is 3. The Bertz CT molecular complexity index is 970. The number of urea groups is 1. The van der Waals surface area contributed by atoms with Crippen LogP contribution in [-0.4, -0.2) is 54.0 Å². The lowest BCUT2D eigenvalue weighted by Crippen LogP contribution is -2.58. The van der Waals surface area contributed by atoms with E-state index in [0.29, 0.717) is 49.6 Å². The molecule has 4 N–H and O–H groups in total. The highest BCUT2D eigenvalue weighted by molar-refractivity contribution is 7.09. The molecule has 1 aromatic carbocycles. The van der Waals surface area contributed by atoms with Crippen LogP contribution in [0.2, 0.25) is 5.02 Å². The Hall–Kier alpha value is -2.62. The van der Waals surface area contributed by atoms with Crippen LogP contribution < -0.4 is 21.3 Å². The van der Waals surface area contributed by atoms with E-state index in [9.17, 15) is 14.4 Å². The maximum absolute atomic E-state index is 12.4. The summed E-state index contributed by atoms with van der Waals surface area (Å²) in [5.41, 5.74) is 0.606. The minimum Gasteiger partial charge on any atom is -0.353 e. The number of nitrogens with zero attached hydrogens (tertiary/aromatic N) is 1. The lowest BCUT2D eigenvalue weighted by atomic mass is 10.0. The van der Waals surface area contributed by atoms with Gasteiger partial charge in [0.15, 0.2) is 0 Å². The van der Waals surface area contributed by atoms with Gasteiger partial charge in [-0.25, -0.2) is 4.79 Å². The zero-order valence-electron chi connectivity index (χ0n) is 17.5. The van der Waals surface area contributed by atoms with Gasteiger partial charge in [0.1, 0.15) is 0 Å². The molecule has 0 spiro atoms. The summed E-state index contributed by atoms with van der Waals surface area (Å²) in [6, 6.07) is 10.2. The average Bonchev–Trinajstić information content (AvgIpc) is 3.42. The van der Waals surface area contributed by atoms with Gasteiger partial charge in [-0.3, -0.25) is 14.5 Å². The molecule has 0 radical (unpaired) electrons. The first-order chi connectivity index (χ1) is 15.5. The largest absolute Gasteiger partial charge is 0.353 e. The highest BCUT2D eigenvalue weighted by Crippen LogP contribution is 2.26. The molecule has 8 nitrogen and oxygen atoms in total. The van der Waals surface area contributed by atoms with Crippen LogP contribution in [0.4, 0.5) is 10.5 Å². The second-order valence-corrected chi connectivity index (χ2v) is 9.52. The summed E-state index contributed by atoms with van der Waals surface area (Å²) in [7, 11) is 0. The van der Waals surface area contributed by atoms with Gasteiger partial charge in [0.2, 0.25) is 11.8 Å². The van der Waals surface area contributed by atoms with Crippen molar-refractivity contribution >= 4 is 46.5 Å². The molecule has 3 heterocycles. The Morgan fingerprint density at radius 1 is 1.25 bits per heavy atom. The number of nitrogens with one attached hydrogen (secondary N) is 4. The quantitative estimate of drug-likeness (QED) is 0.494. The van der Waals surface area contributed by atoms with Gasteiger partial charge in [0.05, 0.1) is 12.6 Å². The first kappa shape index (κ1) is 22.6. The number of rotatable bonds is 7. The van der Waals surface area contributed by atoms with Crippen LogP contribution >= 0.6 is 22.9 Å². The molecule has 0 aliphatic carbocycles. The van der Waals surface area contributed by atoms with Crippen LogP contribution in [0.5, 0.6) is 0 Å². The molecule has 2 saturated heterocycles. The number of carbonyl (C=O) groups excluding carboxylic acids is 3. The van der Waals surface area contributed by atoms with Gasteiger partial charge in [-0.05, 0) is 42.5 Å². The number of halogens is 1. The molecule has 10 heteroatoms. The first-order valence-electron chi connectivity index (χ1n) is 10.6. The molecule has 2 aliphatic rings. The predicted octanol–water partition coefficient (Wildman–Crippen LogP) is 2.56. The van der Waals surface area contributed by atoms with Crippen LogP contribution in [0, 0.1) is 0 Å². The van der Waals surface area contributed by atoms with E-state index in [0.717, 1.165) is 4.88 Å². The fourth-order valence-electron chi connectivity index (χ4n) is 4.25. The zero-order valence-corrected chi connectivity index (χ0v) is 19.0. The SMILES string of the molecule is O=C(CCC1CNC(=O)C2CC(NC(=O)Nc3cccc(Cl)c3)CN12)NCc1cccs1. The summed E-state index contributed by atoms with van der Waals surface area (Å²) < 4.78 is 0. The van der Waals surface area contributed by atoms with Gasteiger partial charge in [0, 0.05) is 47.2 Å². The van der Waals surface area contributed by atoms with Gasteiger partial charge < -0.3 is 21.3 Å². The van der Waals surface area contributed by atoms with Gasteiger partial charge in [-0.1, -0.05) is 23.7 Å². The van der Waals surface area contributed by atoms with Gasteiger partial charge in [-0.2, -0.15) is 0 Å². The molecule has 2 fully saturated rings. The summed E-state index contributed by atoms with van der Waals surface area (Å²) in [5, 5.41) is 14.1. The fraction of sp³-hybridized carbons (Fsp3) is 0.409. The standard InChI is InChI=1S/C22H26ClN5O3S/c23-14-3-1-4-15(9-14)26-22(31)27-16-10-19-21(30)25-11-17(28(19)13-16)6-7-20(29)24-12-18-5-2-8-32-18/h1-5,8-9,16-17,19H,6-7,10-13H2,(H,24,29)(H,25,30)(H2,26,27,31). The number of benzene rings is 1. The van der Waals surface area contributed by atoms with E-state index >= 15 is 0 Å². The van der Waals surface area contributed by atoms with Crippen molar-refractivity contribution in [2.75, 3.05) is 18.4 Å². The van der Waals surface area contributed by atoms with Crippen LogP contribution in [0.1, 0.15) is 24.1 Å². The van der Waals surface area contributed by atoms with Crippen molar-refractivity contribution in [3.05, 3.63) is 51.7 Å². The van der Waals surface area contributed by atoms with Crippen molar-refractivity contribution in [3.8, 4) is 0 Å². The van der Waals surface area contributed by atoms with Crippen LogP contribution in [0.15, 0.2) is 41.8 Å². The van der Waals surface area contributed by atoms with E-state index < -0.39 is 0 Å². The molecule has 3 atom stereocenters. The van der Waals surface area contributed by atoms with E-state index in [1.165, 1.54) is 0 Å². The predicted molar refractivity (Wildman–Crippen MR) is 125 cm³/mol. The monoisotopic (exact) mass is 475 g/mol. The Labute approximate surface area is 195 Å². The van der Waals surface area contributed by atoms with Crippen LogP contribution in [0.3, 0.4) is 0 Å². The summed E-state index contributed by atoms with van der Waals surface area (Å²) in [4.78, 5) is 40.3. The number of anilines is 1. The van der Waals surface area contributed by atoms with Crippen LogP contribution in [0.25, 0.3) is 0 Å². The van der Waals surface area contributed by atoms with E-state index in [1.807, 2.05) is 17.5 Å². The molecule has 3 unspecified atom stereocenters. The topological polar surface area (TPSA) is 103 Å². The Morgan fingerprint density at radius 3 is 2.91 bits per heavy atom. The minimum absolute atomic E-state index is 0.00150. The van der Waals surface area contributed by atoms with E-state index in [1.54, 1.807) is 35.6 Å². The molecule has 2 aliphatic heterocycles. The molecular formula is C22H26ClN5O3S. The average molecular weight is 476 g/mol. The zero-order chi connectivity index (χ0) is 22.5. The van der Waals surface area contributed by atoms with E-state index in [4.69, 9.17) is 11.6 Å². The number of thiophene rings is 1. The molecule has 0 saturated carbocycles. The van der Waals surface area contributed by atoms with Crippen molar-refractivity contribution in [2.24, 2.45) is 0 Å². The lowest BCUT2D eigenvalue weighted by Gasteiger charge is -2.37.